The molecule has 0 spiro atoms. The first-order valence-electron chi connectivity index (χ1n) is 7.86. The van der Waals surface area contributed by atoms with Gasteiger partial charge in [-0.2, -0.15) is 0 Å². The molecule has 0 bridgehead atoms. The smallest absolute Gasteiger partial charge is 0.269 e. The van der Waals surface area contributed by atoms with Gasteiger partial charge < -0.3 is 0 Å². The normalized spacial score (nSPS) is 19.6. The molecule has 1 aliphatic rings. The standard InChI is InChI=1S/C15H23N3O4S/c1-2-17-9-4-3-7-15(17)11-16-23(21,22)12-13-6-5-8-14(10-13)18(19)20/h5-6,8,10,15-16H,2-4,7,9,11-12H2,1H3. The molecule has 1 atom stereocenters. The number of benzene rings is 1. The lowest BCUT2D eigenvalue weighted by molar-refractivity contribution is -0.384. The zero-order chi connectivity index (χ0) is 16.9. The van der Waals surface area contributed by atoms with Gasteiger partial charge in [0.1, 0.15) is 0 Å². The maximum atomic E-state index is 12.2. The average molecular weight is 341 g/mol. The number of hydrogen-bond acceptors (Lipinski definition) is 5. The first-order valence-corrected chi connectivity index (χ1v) is 9.51. The Hall–Kier alpha value is -1.51. The maximum absolute atomic E-state index is 12.2. The fourth-order valence-corrected chi connectivity index (χ4v) is 4.13. The molecule has 1 aromatic carbocycles. The van der Waals surface area contributed by atoms with Crippen LogP contribution in [-0.2, 0) is 15.8 Å². The minimum absolute atomic E-state index is 0.0952. The van der Waals surface area contributed by atoms with Crippen LogP contribution in [0, 0.1) is 10.1 Å². The second-order valence-corrected chi connectivity index (χ2v) is 7.62. The Balaban J connectivity index is 1.96. The monoisotopic (exact) mass is 341 g/mol. The molecule has 128 valence electrons. The van der Waals surface area contributed by atoms with Gasteiger partial charge in [-0.1, -0.05) is 25.5 Å². The molecule has 0 radical (unpaired) electrons. The molecule has 8 heteroatoms. The molecule has 0 amide bonds. The van der Waals surface area contributed by atoms with Gasteiger partial charge in [-0.25, -0.2) is 13.1 Å². The molecule has 0 aliphatic carbocycles. The number of likely N-dealkylation sites (tertiary alicyclic amines) is 1. The highest BCUT2D eigenvalue weighted by Crippen LogP contribution is 2.17. The summed E-state index contributed by atoms with van der Waals surface area (Å²) in [6.07, 6.45) is 3.27. The number of nitrogens with one attached hydrogen (secondary N) is 1. The summed E-state index contributed by atoms with van der Waals surface area (Å²) in [6.45, 7) is 4.39. The molecule has 23 heavy (non-hydrogen) atoms. The van der Waals surface area contributed by atoms with Crippen molar-refractivity contribution in [2.45, 2.75) is 38.0 Å². The number of piperidine rings is 1. The van der Waals surface area contributed by atoms with Crippen molar-refractivity contribution in [3.05, 3.63) is 39.9 Å². The largest absolute Gasteiger partial charge is 0.299 e. The van der Waals surface area contributed by atoms with E-state index in [2.05, 4.69) is 16.5 Å². The molecule has 0 aromatic heterocycles. The first kappa shape index (κ1) is 17.8. The van der Waals surface area contributed by atoms with Crippen molar-refractivity contribution in [1.82, 2.24) is 9.62 Å². The van der Waals surface area contributed by atoms with Crippen LogP contribution in [-0.4, -0.2) is 43.9 Å². The highest BCUT2D eigenvalue weighted by Gasteiger charge is 2.23. The number of sulfonamides is 1. The van der Waals surface area contributed by atoms with Gasteiger partial charge >= 0.3 is 0 Å². The van der Waals surface area contributed by atoms with Crippen LogP contribution in [0.4, 0.5) is 5.69 Å². The highest BCUT2D eigenvalue weighted by molar-refractivity contribution is 7.88. The molecular weight excluding hydrogens is 318 g/mol. The van der Waals surface area contributed by atoms with Crippen LogP contribution in [0.15, 0.2) is 24.3 Å². The molecule has 7 nitrogen and oxygen atoms in total. The fourth-order valence-electron chi connectivity index (χ4n) is 2.96. The number of nitro groups is 1. The summed E-state index contributed by atoms with van der Waals surface area (Å²) in [4.78, 5) is 12.5. The van der Waals surface area contributed by atoms with E-state index in [1.807, 2.05) is 0 Å². The zero-order valence-electron chi connectivity index (χ0n) is 13.3. The summed E-state index contributed by atoms with van der Waals surface area (Å²) < 4.78 is 27.1. The molecule has 1 N–H and O–H groups in total. The fraction of sp³-hybridized carbons (Fsp3) is 0.600. The van der Waals surface area contributed by atoms with E-state index in [1.54, 1.807) is 6.07 Å². The predicted molar refractivity (Wildman–Crippen MR) is 88.6 cm³/mol. The van der Waals surface area contributed by atoms with Crippen molar-refractivity contribution in [3.63, 3.8) is 0 Å². The Kier molecular flexibility index (Phi) is 6.09. The highest BCUT2D eigenvalue weighted by atomic mass is 32.2. The number of likely N-dealkylation sites (N-methyl/N-ethyl adjacent to an activating group) is 1. The third kappa shape index (κ3) is 5.26. The van der Waals surface area contributed by atoms with Crippen LogP contribution in [0.1, 0.15) is 31.7 Å². The van der Waals surface area contributed by atoms with E-state index in [-0.39, 0.29) is 17.5 Å². The summed E-state index contributed by atoms with van der Waals surface area (Å²) in [5.74, 6) is -0.243. The number of hydrogen-bond donors (Lipinski definition) is 1. The van der Waals surface area contributed by atoms with Gasteiger partial charge in [0.15, 0.2) is 0 Å². The molecule has 1 aliphatic heterocycles. The van der Waals surface area contributed by atoms with E-state index in [9.17, 15) is 18.5 Å². The van der Waals surface area contributed by atoms with Crippen LogP contribution in [0.2, 0.25) is 0 Å². The van der Waals surface area contributed by atoms with E-state index in [4.69, 9.17) is 0 Å². The lowest BCUT2D eigenvalue weighted by Crippen LogP contribution is -2.46. The Labute approximate surface area is 136 Å². The molecule has 1 fully saturated rings. The first-order chi connectivity index (χ1) is 10.9. The minimum atomic E-state index is -3.51. The van der Waals surface area contributed by atoms with Gasteiger partial charge in [-0.05, 0) is 31.5 Å². The van der Waals surface area contributed by atoms with E-state index < -0.39 is 14.9 Å². The average Bonchev–Trinajstić information content (AvgIpc) is 2.53. The van der Waals surface area contributed by atoms with Gasteiger partial charge in [-0.15, -0.1) is 0 Å². The number of rotatable bonds is 7. The van der Waals surface area contributed by atoms with E-state index in [0.717, 1.165) is 32.4 Å². The third-order valence-corrected chi connectivity index (χ3v) is 5.49. The van der Waals surface area contributed by atoms with Gasteiger partial charge in [0.2, 0.25) is 10.0 Å². The summed E-state index contributed by atoms with van der Waals surface area (Å²) >= 11 is 0. The number of non-ortho nitro benzene ring substituents is 1. The van der Waals surface area contributed by atoms with Crippen molar-refractivity contribution in [2.24, 2.45) is 0 Å². The van der Waals surface area contributed by atoms with Gasteiger partial charge in [0.25, 0.3) is 5.69 Å². The minimum Gasteiger partial charge on any atom is -0.299 e. The Morgan fingerprint density at radius 1 is 1.39 bits per heavy atom. The van der Waals surface area contributed by atoms with E-state index in [1.165, 1.54) is 18.2 Å². The van der Waals surface area contributed by atoms with Crippen molar-refractivity contribution in [1.29, 1.82) is 0 Å². The van der Waals surface area contributed by atoms with Crippen molar-refractivity contribution in [3.8, 4) is 0 Å². The molecule has 1 aromatic rings. The summed E-state index contributed by atoms with van der Waals surface area (Å²) in [6, 6.07) is 5.98. The van der Waals surface area contributed by atoms with Crippen LogP contribution >= 0.6 is 0 Å². The van der Waals surface area contributed by atoms with Gasteiger partial charge in [-0.3, -0.25) is 15.0 Å². The number of nitrogens with zero attached hydrogens (tertiary/aromatic N) is 2. The van der Waals surface area contributed by atoms with Crippen molar-refractivity contribution >= 4 is 15.7 Å². The molecular formula is C15H23N3O4S. The van der Waals surface area contributed by atoms with Gasteiger partial charge in [0.05, 0.1) is 10.7 Å². The Morgan fingerprint density at radius 2 is 2.17 bits per heavy atom. The topological polar surface area (TPSA) is 92.6 Å². The summed E-state index contributed by atoms with van der Waals surface area (Å²) in [5.41, 5.74) is 0.324. The van der Waals surface area contributed by atoms with Crippen LogP contribution < -0.4 is 4.72 Å². The SMILES string of the molecule is CCN1CCCCC1CNS(=O)(=O)Cc1cccc([N+](=O)[O-])c1. The lowest BCUT2D eigenvalue weighted by Gasteiger charge is -2.34. The maximum Gasteiger partial charge on any atom is 0.269 e. The molecule has 0 saturated carbocycles. The lowest BCUT2D eigenvalue weighted by atomic mass is 10.0. The molecule has 1 saturated heterocycles. The molecule has 2 rings (SSSR count). The van der Waals surface area contributed by atoms with E-state index in [0.29, 0.717) is 12.1 Å². The predicted octanol–water partition coefficient (Wildman–Crippen LogP) is 1.89. The van der Waals surface area contributed by atoms with Crippen LogP contribution in [0.3, 0.4) is 0 Å². The second-order valence-electron chi connectivity index (χ2n) is 5.81. The van der Waals surface area contributed by atoms with Crippen molar-refractivity contribution in [2.75, 3.05) is 19.6 Å². The number of nitro benzene ring substituents is 1. The van der Waals surface area contributed by atoms with Crippen LogP contribution in [0.5, 0.6) is 0 Å². The Bertz CT molecular complexity index is 648. The van der Waals surface area contributed by atoms with Gasteiger partial charge in [0, 0.05) is 24.7 Å². The second kappa shape index (κ2) is 7.85. The zero-order valence-corrected chi connectivity index (χ0v) is 14.1. The van der Waals surface area contributed by atoms with Crippen molar-refractivity contribution < 1.29 is 13.3 Å². The van der Waals surface area contributed by atoms with Crippen LogP contribution in [0.25, 0.3) is 0 Å². The van der Waals surface area contributed by atoms with E-state index >= 15 is 0 Å². The summed E-state index contributed by atoms with van der Waals surface area (Å²) in [7, 11) is -3.51. The third-order valence-electron chi connectivity index (χ3n) is 4.17. The Morgan fingerprint density at radius 3 is 2.87 bits per heavy atom. The molecule has 1 unspecified atom stereocenters. The quantitative estimate of drug-likeness (QED) is 0.604. The summed E-state index contributed by atoms with van der Waals surface area (Å²) in [5, 5.41) is 10.8. The molecule has 1 heterocycles.